The van der Waals surface area contributed by atoms with E-state index in [0.717, 1.165) is 0 Å². The van der Waals surface area contributed by atoms with Crippen LogP contribution in [0.1, 0.15) is 15.9 Å². The van der Waals surface area contributed by atoms with Gasteiger partial charge in [0.1, 0.15) is 0 Å². The maximum Gasteiger partial charge on any atom is 0.194 e. The van der Waals surface area contributed by atoms with Crippen LogP contribution in [0, 0.1) is 17.5 Å². The molecule has 98 valence electrons. The van der Waals surface area contributed by atoms with Gasteiger partial charge < -0.3 is 0 Å². The average Bonchev–Trinajstić information content (AvgIpc) is 2.37. The molecule has 0 aliphatic carbocycles. The number of hydrogen-bond acceptors (Lipinski definition) is 1. The van der Waals surface area contributed by atoms with Gasteiger partial charge in [0.15, 0.2) is 23.2 Å². The molecule has 0 bridgehead atoms. The number of ketones is 1. The Morgan fingerprint density at radius 1 is 0.842 bits per heavy atom. The number of carbonyl (C=O) groups excluding carboxylic acids is 1. The lowest BCUT2D eigenvalue weighted by Gasteiger charge is -2.04. The summed E-state index contributed by atoms with van der Waals surface area (Å²) in [6, 6.07) is 5.26. The van der Waals surface area contributed by atoms with E-state index in [1.54, 1.807) is 0 Å². The summed E-state index contributed by atoms with van der Waals surface area (Å²) in [5.74, 6) is -5.16. The van der Waals surface area contributed by atoms with Crippen molar-refractivity contribution in [2.75, 3.05) is 0 Å². The van der Waals surface area contributed by atoms with Gasteiger partial charge in [0.25, 0.3) is 0 Å². The third-order valence-electron chi connectivity index (χ3n) is 2.43. The molecule has 0 amide bonds. The minimum absolute atomic E-state index is 0.0970. The second kappa shape index (κ2) is 5.23. The molecule has 19 heavy (non-hydrogen) atoms. The molecule has 6 heteroatoms. The van der Waals surface area contributed by atoms with Crippen molar-refractivity contribution in [3.05, 3.63) is 69.0 Å². The summed E-state index contributed by atoms with van der Waals surface area (Å²) in [6.07, 6.45) is 0. The van der Waals surface area contributed by atoms with Crippen LogP contribution in [-0.4, -0.2) is 5.78 Å². The molecule has 1 nitrogen and oxygen atoms in total. The lowest BCUT2D eigenvalue weighted by atomic mass is 10.0. The highest BCUT2D eigenvalue weighted by atomic mass is 35.5. The van der Waals surface area contributed by atoms with Crippen LogP contribution < -0.4 is 0 Å². The zero-order valence-corrected chi connectivity index (χ0v) is 10.7. The SMILES string of the molecule is O=C(c1cc(F)c(F)c(F)c1)c1ccc(Cl)c(Cl)c1. The molecule has 0 spiro atoms. The van der Waals surface area contributed by atoms with Crippen molar-refractivity contribution in [1.82, 2.24) is 0 Å². The topological polar surface area (TPSA) is 17.1 Å². The van der Waals surface area contributed by atoms with E-state index in [4.69, 9.17) is 23.2 Å². The Morgan fingerprint density at radius 2 is 1.42 bits per heavy atom. The first-order valence-electron chi connectivity index (χ1n) is 5.04. The Bertz CT molecular complexity index is 648. The fourth-order valence-electron chi connectivity index (χ4n) is 1.49. The van der Waals surface area contributed by atoms with Crippen LogP contribution in [0.2, 0.25) is 10.0 Å². The van der Waals surface area contributed by atoms with Gasteiger partial charge in [-0.05, 0) is 30.3 Å². The monoisotopic (exact) mass is 304 g/mol. The van der Waals surface area contributed by atoms with E-state index < -0.39 is 23.2 Å². The molecule has 0 aliphatic rings. The van der Waals surface area contributed by atoms with Gasteiger partial charge in [-0.1, -0.05) is 23.2 Å². The van der Waals surface area contributed by atoms with Gasteiger partial charge in [-0.15, -0.1) is 0 Å². The number of hydrogen-bond donors (Lipinski definition) is 0. The van der Waals surface area contributed by atoms with Crippen molar-refractivity contribution < 1.29 is 18.0 Å². The van der Waals surface area contributed by atoms with Crippen LogP contribution in [0.25, 0.3) is 0 Å². The first-order chi connectivity index (χ1) is 8.90. The van der Waals surface area contributed by atoms with E-state index in [1.165, 1.54) is 18.2 Å². The van der Waals surface area contributed by atoms with Crippen LogP contribution in [0.4, 0.5) is 13.2 Å². The molecule has 0 heterocycles. The largest absolute Gasteiger partial charge is 0.289 e. The Morgan fingerprint density at radius 3 is 1.95 bits per heavy atom. The molecular weight excluding hydrogens is 300 g/mol. The number of halogens is 5. The van der Waals surface area contributed by atoms with E-state index in [1.807, 2.05) is 0 Å². The molecule has 0 aromatic heterocycles. The van der Waals surface area contributed by atoms with E-state index >= 15 is 0 Å². The molecule has 2 aromatic rings. The molecule has 0 fully saturated rings. The Labute approximate surface area is 116 Å². The van der Waals surface area contributed by atoms with Gasteiger partial charge in [0, 0.05) is 11.1 Å². The second-order valence-corrected chi connectivity index (χ2v) is 4.53. The Balaban J connectivity index is 2.47. The number of rotatable bonds is 2. The summed E-state index contributed by atoms with van der Waals surface area (Å²) in [5.41, 5.74) is -0.213. The summed E-state index contributed by atoms with van der Waals surface area (Å²) >= 11 is 11.4. The zero-order chi connectivity index (χ0) is 14.2. The van der Waals surface area contributed by atoms with Crippen LogP contribution in [0.15, 0.2) is 30.3 Å². The molecule has 0 atom stereocenters. The van der Waals surface area contributed by atoms with E-state index in [0.29, 0.717) is 12.1 Å². The molecule has 0 unspecified atom stereocenters. The molecular formula is C13H5Cl2F3O. The lowest BCUT2D eigenvalue weighted by Crippen LogP contribution is -2.04. The zero-order valence-electron chi connectivity index (χ0n) is 9.18. The third-order valence-corrected chi connectivity index (χ3v) is 3.17. The highest BCUT2D eigenvalue weighted by Gasteiger charge is 2.17. The maximum atomic E-state index is 13.0. The second-order valence-electron chi connectivity index (χ2n) is 3.71. The minimum atomic E-state index is -1.62. The summed E-state index contributed by atoms with van der Waals surface area (Å²) in [7, 11) is 0. The number of benzene rings is 2. The maximum absolute atomic E-state index is 13.0. The lowest BCUT2D eigenvalue weighted by molar-refractivity contribution is 0.103. The fraction of sp³-hybridized carbons (Fsp3) is 0. The van der Waals surface area contributed by atoms with Gasteiger partial charge in [0.2, 0.25) is 0 Å². The van der Waals surface area contributed by atoms with Crippen molar-refractivity contribution in [2.24, 2.45) is 0 Å². The highest BCUT2D eigenvalue weighted by molar-refractivity contribution is 6.42. The summed E-state index contributed by atoms with van der Waals surface area (Å²) in [4.78, 5) is 12.0. The van der Waals surface area contributed by atoms with Crippen molar-refractivity contribution in [2.45, 2.75) is 0 Å². The Kier molecular flexibility index (Phi) is 3.83. The van der Waals surface area contributed by atoms with Crippen LogP contribution in [0.5, 0.6) is 0 Å². The first kappa shape index (κ1) is 13.9. The van der Waals surface area contributed by atoms with E-state index in [-0.39, 0.29) is 21.2 Å². The van der Waals surface area contributed by atoms with Crippen molar-refractivity contribution in [3.63, 3.8) is 0 Å². The molecule has 0 saturated heterocycles. The normalized spacial score (nSPS) is 10.6. The van der Waals surface area contributed by atoms with E-state index in [2.05, 4.69) is 0 Å². The molecule has 0 saturated carbocycles. The fourth-order valence-corrected chi connectivity index (χ4v) is 1.79. The van der Waals surface area contributed by atoms with Crippen LogP contribution in [-0.2, 0) is 0 Å². The molecule has 0 radical (unpaired) electrons. The average molecular weight is 305 g/mol. The highest BCUT2D eigenvalue weighted by Crippen LogP contribution is 2.24. The van der Waals surface area contributed by atoms with Gasteiger partial charge in [0.05, 0.1) is 10.0 Å². The summed E-state index contributed by atoms with van der Waals surface area (Å²) in [5, 5.41) is 0.380. The standard InChI is InChI=1S/C13H5Cl2F3O/c14-8-2-1-6(3-9(8)15)13(19)7-4-10(16)12(18)11(17)5-7/h1-5H. The molecule has 0 aliphatic heterocycles. The van der Waals surface area contributed by atoms with Crippen molar-refractivity contribution in [1.29, 1.82) is 0 Å². The molecule has 2 rings (SSSR count). The molecule has 2 aromatic carbocycles. The number of carbonyl (C=O) groups is 1. The third kappa shape index (κ3) is 2.74. The van der Waals surface area contributed by atoms with Gasteiger partial charge in [-0.25, -0.2) is 13.2 Å². The smallest absolute Gasteiger partial charge is 0.194 e. The quantitative estimate of drug-likeness (QED) is 0.583. The van der Waals surface area contributed by atoms with Crippen molar-refractivity contribution in [3.8, 4) is 0 Å². The van der Waals surface area contributed by atoms with E-state index in [9.17, 15) is 18.0 Å². The molecule has 0 N–H and O–H groups in total. The van der Waals surface area contributed by atoms with Crippen molar-refractivity contribution >= 4 is 29.0 Å². The van der Waals surface area contributed by atoms with Gasteiger partial charge in [-0.2, -0.15) is 0 Å². The summed E-state index contributed by atoms with van der Waals surface area (Å²) < 4.78 is 38.9. The van der Waals surface area contributed by atoms with Gasteiger partial charge in [-0.3, -0.25) is 4.79 Å². The van der Waals surface area contributed by atoms with Crippen LogP contribution >= 0.6 is 23.2 Å². The first-order valence-corrected chi connectivity index (χ1v) is 5.80. The Hall–Kier alpha value is -1.52. The summed E-state index contributed by atoms with van der Waals surface area (Å²) in [6.45, 7) is 0. The van der Waals surface area contributed by atoms with Gasteiger partial charge >= 0.3 is 0 Å². The van der Waals surface area contributed by atoms with Crippen LogP contribution in [0.3, 0.4) is 0 Å². The minimum Gasteiger partial charge on any atom is -0.289 e. The predicted octanol–water partition coefficient (Wildman–Crippen LogP) is 4.64. The predicted molar refractivity (Wildman–Crippen MR) is 66.2 cm³/mol.